The fourth-order valence-electron chi connectivity index (χ4n) is 1.30. The molecule has 0 spiro atoms. The van der Waals surface area contributed by atoms with E-state index >= 15 is 0 Å². The molecule has 1 aliphatic heterocycles. The Labute approximate surface area is 96.7 Å². The van der Waals surface area contributed by atoms with E-state index in [-0.39, 0.29) is 22.9 Å². The summed E-state index contributed by atoms with van der Waals surface area (Å²) < 4.78 is 17.9. The van der Waals surface area contributed by atoms with E-state index in [1.54, 1.807) is 0 Å². The first kappa shape index (κ1) is 11.1. The van der Waals surface area contributed by atoms with Crippen LogP contribution < -0.4 is 4.74 Å². The minimum Gasteiger partial charge on any atom is -0.487 e. The molecular weight excluding hydrogens is 229 g/mol. The fraction of sp³-hybridized carbons (Fsp3) is 0.273. The molecule has 2 rings (SSSR count). The van der Waals surface area contributed by atoms with E-state index in [2.05, 4.69) is 4.99 Å². The van der Waals surface area contributed by atoms with Crippen molar-refractivity contribution in [3.8, 4) is 5.75 Å². The van der Waals surface area contributed by atoms with Crippen LogP contribution in [0.1, 0.15) is 6.92 Å². The van der Waals surface area contributed by atoms with Gasteiger partial charge in [0.2, 0.25) is 5.12 Å². The number of halogens is 1. The van der Waals surface area contributed by atoms with Gasteiger partial charge in [0.15, 0.2) is 0 Å². The van der Waals surface area contributed by atoms with Crippen molar-refractivity contribution in [2.24, 2.45) is 4.99 Å². The number of carbonyl (C=O) groups excluding carboxylic acids is 1. The Morgan fingerprint density at radius 2 is 2.12 bits per heavy atom. The van der Waals surface area contributed by atoms with Crippen LogP contribution in [-0.2, 0) is 4.79 Å². The number of thioether (sulfide) groups is 1. The Kier molecular flexibility index (Phi) is 3.24. The Bertz CT molecular complexity index is 430. The topological polar surface area (TPSA) is 38.7 Å². The molecule has 0 radical (unpaired) electrons. The standard InChI is InChI=1S/C11H10FNO2S/c1-7-13-10(11(14)16-7)6-15-9-4-2-8(12)3-5-9/h2-5,7H,6H2,1H3. The molecule has 1 unspecified atom stereocenters. The van der Waals surface area contributed by atoms with Gasteiger partial charge in [0.1, 0.15) is 29.3 Å². The lowest BCUT2D eigenvalue weighted by atomic mass is 10.3. The highest BCUT2D eigenvalue weighted by Gasteiger charge is 2.23. The van der Waals surface area contributed by atoms with E-state index in [9.17, 15) is 9.18 Å². The van der Waals surface area contributed by atoms with Gasteiger partial charge in [-0.3, -0.25) is 9.79 Å². The van der Waals surface area contributed by atoms with E-state index < -0.39 is 0 Å². The van der Waals surface area contributed by atoms with Gasteiger partial charge in [0, 0.05) is 0 Å². The lowest BCUT2D eigenvalue weighted by Crippen LogP contribution is -2.15. The molecule has 0 N–H and O–H groups in total. The zero-order valence-electron chi connectivity index (χ0n) is 8.64. The Hall–Kier alpha value is -1.36. The molecule has 1 aliphatic rings. The summed E-state index contributed by atoms with van der Waals surface area (Å²) in [6, 6.07) is 5.66. The van der Waals surface area contributed by atoms with Crippen LogP contribution in [0.15, 0.2) is 29.3 Å². The quantitative estimate of drug-likeness (QED) is 0.812. The van der Waals surface area contributed by atoms with Crippen molar-refractivity contribution in [1.29, 1.82) is 0 Å². The van der Waals surface area contributed by atoms with Gasteiger partial charge in [-0.1, -0.05) is 11.8 Å². The Morgan fingerprint density at radius 3 is 2.69 bits per heavy atom. The molecule has 3 nitrogen and oxygen atoms in total. The van der Waals surface area contributed by atoms with E-state index in [4.69, 9.17) is 4.74 Å². The molecule has 5 heteroatoms. The van der Waals surface area contributed by atoms with Crippen LogP contribution in [0.3, 0.4) is 0 Å². The molecule has 1 heterocycles. The first-order valence-corrected chi connectivity index (χ1v) is 5.69. The lowest BCUT2D eigenvalue weighted by molar-refractivity contribution is -0.105. The van der Waals surface area contributed by atoms with Crippen molar-refractivity contribution in [2.45, 2.75) is 12.3 Å². The largest absolute Gasteiger partial charge is 0.487 e. The normalized spacial score (nSPS) is 19.8. The van der Waals surface area contributed by atoms with E-state index in [1.165, 1.54) is 36.0 Å². The second-order valence-corrected chi connectivity index (χ2v) is 4.61. The molecule has 16 heavy (non-hydrogen) atoms. The number of carbonyl (C=O) groups is 1. The van der Waals surface area contributed by atoms with Crippen LogP contribution in [-0.4, -0.2) is 22.8 Å². The van der Waals surface area contributed by atoms with Crippen molar-refractivity contribution in [3.63, 3.8) is 0 Å². The molecule has 0 saturated heterocycles. The summed E-state index contributed by atoms with van der Waals surface area (Å²) in [5.41, 5.74) is 0.432. The SMILES string of the molecule is CC1N=C(COc2ccc(F)cc2)C(=O)S1. The van der Waals surface area contributed by atoms with E-state index in [0.29, 0.717) is 11.5 Å². The number of ether oxygens (including phenoxy) is 1. The second-order valence-electron chi connectivity index (χ2n) is 3.32. The maximum absolute atomic E-state index is 12.6. The third-order valence-corrected chi connectivity index (χ3v) is 2.94. The predicted molar refractivity (Wildman–Crippen MR) is 61.4 cm³/mol. The molecule has 84 valence electrons. The molecule has 1 atom stereocenters. The number of aliphatic imine (C=N–C) groups is 1. The van der Waals surface area contributed by atoms with Crippen LogP contribution in [0.2, 0.25) is 0 Å². The average Bonchev–Trinajstić information content (AvgIpc) is 2.57. The molecule has 0 aromatic heterocycles. The number of hydrogen-bond donors (Lipinski definition) is 0. The summed E-state index contributed by atoms with van der Waals surface area (Å²) in [4.78, 5) is 15.5. The van der Waals surface area contributed by atoms with E-state index in [0.717, 1.165) is 0 Å². The average molecular weight is 239 g/mol. The van der Waals surface area contributed by atoms with Crippen molar-refractivity contribution >= 4 is 22.6 Å². The minimum atomic E-state index is -0.314. The lowest BCUT2D eigenvalue weighted by Gasteiger charge is -2.04. The number of nitrogens with zero attached hydrogens (tertiary/aromatic N) is 1. The summed E-state index contributed by atoms with van der Waals surface area (Å²) in [6.45, 7) is 2.00. The number of rotatable bonds is 3. The molecular formula is C11H10FNO2S. The highest BCUT2D eigenvalue weighted by atomic mass is 32.2. The summed E-state index contributed by atoms with van der Waals surface area (Å²) >= 11 is 1.18. The van der Waals surface area contributed by atoms with Crippen LogP contribution in [0.5, 0.6) is 5.75 Å². The second kappa shape index (κ2) is 4.65. The van der Waals surface area contributed by atoms with Crippen LogP contribution >= 0.6 is 11.8 Å². The summed E-state index contributed by atoms with van der Waals surface area (Å²) in [5, 5.41) is -0.0751. The predicted octanol–water partition coefficient (Wildman–Crippen LogP) is 2.26. The third kappa shape index (κ3) is 2.61. The Balaban J connectivity index is 1.95. The van der Waals surface area contributed by atoms with E-state index in [1.807, 2.05) is 6.92 Å². The van der Waals surface area contributed by atoms with Gasteiger partial charge in [-0.15, -0.1) is 0 Å². The highest BCUT2D eigenvalue weighted by molar-refractivity contribution is 8.16. The molecule has 1 aromatic carbocycles. The zero-order valence-corrected chi connectivity index (χ0v) is 9.46. The molecule has 0 aliphatic carbocycles. The molecule has 0 fully saturated rings. The summed E-state index contributed by atoms with van der Waals surface area (Å²) in [6.07, 6.45) is 0. The van der Waals surface area contributed by atoms with Crippen molar-refractivity contribution in [1.82, 2.24) is 0 Å². The monoisotopic (exact) mass is 239 g/mol. The number of hydrogen-bond acceptors (Lipinski definition) is 4. The first-order chi connectivity index (χ1) is 7.65. The summed E-state index contributed by atoms with van der Waals surface area (Å²) in [7, 11) is 0. The molecule has 1 aromatic rings. The molecule has 0 saturated carbocycles. The van der Waals surface area contributed by atoms with Crippen molar-refractivity contribution < 1.29 is 13.9 Å². The number of benzene rings is 1. The van der Waals surface area contributed by atoms with Crippen molar-refractivity contribution in [3.05, 3.63) is 30.1 Å². The van der Waals surface area contributed by atoms with Gasteiger partial charge in [0.25, 0.3) is 0 Å². The summed E-state index contributed by atoms with van der Waals surface area (Å²) in [5.74, 6) is 0.215. The van der Waals surface area contributed by atoms with Gasteiger partial charge in [-0.2, -0.15) is 0 Å². The smallest absolute Gasteiger partial charge is 0.238 e. The first-order valence-electron chi connectivity index (χ1n) is 4.81. The van der Waals surface area contributed by atoms with Gasteiger partial charge in [0.05, 0.1) is 0 Å². The van der Waals surface area contributed by atoms with Gasteiger partial charge < -0.3 is 4.74 Å². The van der Waals surface area contributed by atoms with Crippen LogP contribution in [0, 0.1) is 5.82 Å². The maximum Gasteiger partial charge on any atom is 0.238 e. The van der Waals surface area contributed by atoms with Gasteiger partial charge in [-0.05, 0) is 31.2 Å². The fourth-order valence-corrected chi connectivity index (χ4v) is 2.04. The van der Waals surface area contributed by atoms with Crippen molar-refractivity contribution in [2.75, 3.05) is 6.61 Å². The molecule has 0 amide bonds. The Morgan fingerprint density at radius 1 is 1.44 bits per heavy atom. The third-order valence-electron chi connectivity index (χ3n) is 2.04. The van der Waals surface area contributed by atoms with Crippen LogP contribution in [0.4, 0.5) is 4.39 Å². The molecule has 0 bridgehead atoms. The zero-order chi connectivity index (χ0) is 11.5. The van der Waals surface area contributed by atoms with Crippen LogP contribution in [0.25, 0.3) is 0 Å². The maximum atomic E-state index is 12.6. The highest BCUT2D eigenvalue weighted by Crippen LogP contribution is 2.21. The van der Waals surface area contributed by atoms with Gasteiger partial charge >= 0.3 is 0 Å². The minimum absolute atomic E-state index is 0.0284. The van der Waals surface area contributed by atoms with Gasteiger partial charge in [-0.25, -0.2) is 4.39 Å².